The predicted molar refractivity (Wildman–Crippen MR) is 111 cm³/mol. The van der Waals surface area contributed by atoms with E-state index in [4.69, 9.17) is 4.74 Å². The molecule has 28 heavy (non-hydrogen) atoms. The number of benzene rings is 2. The molecule has 3 rings (SSSR count). The van der Waals surface area contributed by atoms with Crippen LogP contribution in [0.25, 0.3) is 10.2 Å². The van der Waals surface area contributed by atoms with Crippen LogP contribution in [0.1, 0.15) is 24.2 Å². The number of ether oxygens (including phenoxy) is 1. The second-order valence-corrected chi connectivity index (χ2v) is 8.21. The highest BCUT2D eigenvalue weighted by atomic mass is 32.2. The zero-order valence-corrected chi connectivity index (χ0v) is 16.9. The third-order valence-corrected chi connectivity index (χ3v) is 5.98. The van der Waals surface area contributed by atoms with Crippen molar-refractivity contribution in [3.05, 3.63) is 54.1 Å². The number of thioether (sulfide) groups is 1. The lowest BCUT2D eigenvalue weighted by atomic mass is 10.1. The number of aromatic nitrogens is 1. The third kappa shape index (κ3) is 4.96. The molecule has 0 aliphatic carbocycles. The number of para-hydroxylation sites is 2. The van der Waals surface area contributed by atoms with Gasteiger partial charge >= 0.3 is 5.97 Å². The summed E-state index contributed by atoms with van der Waals surface area (Å²) in [6.07, 6.45) is -0.983. The first kappa shape index (κ1) is 20.0. The highest BCUT2D eigenvalue weighted by Crippen LogP contribution is 2.29. The fourth-order valence-electron chi connectivity index (χ4n) is 2.45. The summed E-state index contributed by atoms with van der Waals surface area (Å²) in [5.41, 5.74) is 1.69. The van der Waals surface area contributed by atoms with Gasteiger partial charge < -0.3 is 10.1 Å². The fraction of sp³-hybridized carbons (Fsp3) is 0.200. The lowest BCUT2D eigenvalue weighted by Gasteiger charge is -2.14. The summed E-state index contributed by atoms with van der Waals surface area (Å²) in [6.45, 7) is 2.92. The molecule has 0 spiro atoms. The van der Waals surface area contributed by atoms with Crippen LogP contribution in [-0.2, 0) is 14.3 Å². The molecule has 0 aliphatic rings. The quantitative estimate of drug-likeness (QED) is 0.355. The van der Waals surface area contributed by atoms with Gasteiger partial charge in [-0.05, 0) is 38.1 Å². The zero-order chi connectivity index (χ0) is 20.1. The first-order chi connectivity index (χ1) is 13.4. The normalized spacial score (nSPS) is 11.8. The van der Waals surface area contributed by atoms with Gasteiger partial charge in [-0.1, -0.05) is 36.0 Å². The van der Waals surface area contributed by atoms with Gasteiger partial charge in [-0.25, -0.2) is 4.98 Å². The van der Waals surface area contributed by atoms with Crippen molar-refractivity contribution < 1.29 is 19.1 Å². The van der Waals surface area contributed by atoms with Crippen LogP contribution in [0.3, 0.4) is 0 Å². The Morgan fingerprint density at radius 3 is 2.61 bits per heavy atom. The standard InChI is InChI=1S/C20H18N2O4S2/c1-12(23)14-7-3-4-8-15(14)21-19(25)13(2)26-18(24)11-27-20-22-16-9-5-6-10-17(16)28-20/h3-10,13H,11H2,1-2H3,(H,21,25). The Morgan fingerprint density at radius 1 is 1.14 bits per heavy atom. The van der Waals surface area contributed by atoms with Crippen LogP contribution in [0, 0.1) is 0 Å². The number of anilines is 1. The molecular weight excluding hydrogens is 396 g/mol. The number of carbonyl (C=O) groups excluding carboxylic acids is 3. The van der Waals surface area contributed by atoms with Crippen molar-refractivity contribution in [3.63, 3.8) is 0 Å². The average Bonchev–Trinajstić information content (AvgIpc) is 3.09. The Balaban J connectivity index is 1.53. The average molecular weight is 415 g/mol. The second-order valence-electron chi connectivity index (χ2n) is 5.96. The first-order valence-corrected chi connectivity index (χ1v) is 10.3. The van der Waals surface area contributed by atoms with Crippen molar-refractivity contribution in [1.29, 1.82) is 0 Å². The second kappa shape index (κ2) is 8.99. The van der Waals surface area contributed by atoms with E-state index in [1.54, 1.807) is 24.3 Å². The zero-order valence-electron chi connectivity index (χ0n) is 15.3. The Hall–Kier alpha value is -2.71. The van der Waals surface area contributed by atoms with Gasteiger partial charge in [0.2, 0.25) is 0 Å². The number of nitrogens with one attached hydrogen (secondary N) is 1. The highest BCUT2D eigenvalue weighted by Gasteiger charge is 2.20. The summed E-state index contributed by atoms with van der Waals surface area (Å²) in [7, 11) is 0. The molecule has 1 N–H and O–H groups in total. The topological polar surface area (TPSA) is 85.4 Å². The van der Waals surface area contributed by atoms with Crippen molar-refractivity contribution in [1.82, 2.24) is 4.98 Å². The van der Waals surface area contributed by atoms with E-state index in [9.17, 15) is 14.4 Å². The molecule has 2 aromatic carbocycles. The van der Waals surface area contributed by atoms with Crippen LogP contribution in [-0.4, -0.2) is 34.5 Å². The molecule has 1 amide bonds. The molecule has 0 radical (unpaired) electrons. The number of hydrogen-bond acceptors (Lipinski definition) is 7. The number of thiazole rings is 1. The molecule has 8 heteroatoms. The number of esters is 1. The third-order valence-electron chi connectivity index (χ3n) is 3.83. The molecule has 1 heterocycles. The number of amides is 1. The van der Waals surface area contributed by atoms with Gasteiger partial charge in [0, 0.05) is 5.56 Å². The lowest BCUT2D eigenvalue weighted by Crippen LogP contribution is -2.31. The van der Waals surface area contributed by atoms with E-state index < -0.39 is 18.0 Å². The van der Waals surface area contributed by atoms with Crippen LogP contribution in [0.5, 0.6) is 0 Å². The summed E-state index contributed by atoms with van der Waals surface area (Å²) < 4.78 is 7.02. The Kier molecular flexibility index (Phi) is 6.43. The van der Waals surface area contributed by atoms with Crippen LogP contribution in [0.4, 0.5) is 5.69 Å². The maximum atomic E-state index is 12.3. The number of nitrogens with zero attached hydrogens (tertiary/aromatic N) is 1. The molecule has 0 saturated carbocycles. The van der Waals surface area contributed by atoms with E-state index in [1.807, 2.05) is 24.3 Å². The van der Waals surface area contributed by atoms with Crippen molar-refractivity contribution >= 4 is 56.7 Å². The molecule has 0 aliphatic heterocycles. The van der Waals surface area contributed by atoms with Crippen LogP contribution >= 0.6 is 23.1 Å². The van der Waals surface area contributed by atoms with Gasteiger partial charge in [0.05, 0.1) is 21.7 Å². The minimum atomic E-state index is -0.983. The van der Waals surface area contributed by atoms with E-state index in [1.165, 1.54) is 36.9 Å². The van der Waals surface area contributed by atoms with Crippen LogP contribution in [0.15, 0.2) is 52.9 Å². The predicted octanol–water partition coefficient (Wildman–Crippen LogP) is 4.16. The van der Waals surface area contributed by atoms with E-state index in [-0.39, 0.29) is 11.5 Å². The number of carbonyl (C=O) groups is 3. The summed E-state index contributed by atoms with van der Waals surface area (Å²) in [5, 5.41) is 2.63. The maximum absolute atomic E-state index is 12.3. The largest absolute Gasteiger partial charge is 0.452 e. The molecule has 1 atom stereocenters. The number of rotatable bonds is 7. The lowest BCUT2D eigenvalue weighted by molar-refractivity contribution is -0.150. The molecule has 6 nitrogen and oxygen atoms in total. The summed E-state index contributed by atoms with van der Waals surface area (Å²) in [4.78, 5) is 40.5. The molecule has 3 aromatic rings. The Labute approximate surface area is 170 Å². The van der Waals surface area contributed by atoms with Gasteiger partial charge in [-0.15, -0.1) is 11.3 Å². The monoisotopic (exact) mass is 414 g/mol. The minimum Gasteiger partial charge on any atom is -0.452 e. The molecule has 0 fully saturated rings. The molecular formula is C20H18N2O4S2. The SMILES string of the molecule is CC(=O)c1ccccc1NC(=O)C(C)OC(=O)CSc1nc2ccccc2s1. The maximum Gasteiger partial charge on any atom is 0.317 e. The highest BCUT2D eigenvalue weighted by molar-refractivity contribution is 8.01. The summed E-state index contributed by atoms with van der Waals surface area (Å²) in [5.74, 6) is -1.10. The van der Waals surface area contributed by atoms with Crippen LogP contribution in [0.2, 0.25) is 0 Å². The van der Waals surface area contributed by atoms with Crippen LogP contribution < -0.4 is 5.32 Å². The molecule has 144 valence electrons. The van der Waals surface area contributed by atoms with E-state index in [2.05, 4.69) is 10.3 Å². The molecule has 0 saturated heterocycles. The van der Waals surface area contributed by atoms with E-state index in [0.717, 1.165) is 14.6 Å². The Bertz CT molecular complexity index is 999. The van der Waals surface area contributed by atoms with Gasteiger partial charge in [-0.2, -0.15) is 0 Å². The van der Waals surface area contributed by atoms with Crippen molar-refractivity contribution in [3.8, 4) is 0 Å². The number of hydrogen-bond donors (Lipinski definition) is 1. The minimum absolute atomic E-state index is 0.0570. The molecule has 1 unspecified atom stereocenters. The van der Waals surface area contributed by atoms with Gasteiger partial charge in [0.15, 0.2) is 16.2 Å². The fourth-order valence-corrected chi connectivity index (χ4v) is 4.30. The Morgan fingerprint density at radius 2 is 1.86 bits per heavy atom. The molecule has 1 aromatic heterocycles. The van der Waals surface area contributed by atoms with Crippen molar-refractivity contribution in [2.45, 2.75) is 24.3 Å². The van der Waals surface area contributed by atoms with Gasteiger partial charge in [0.25, 0.3) is 5.91 Å². The van der Waals surface area contributed by atoms with Gasteiger partial charge in [0.1, 0.15) is 0 Å². The van der Waals surface area contributed by atoms with Crippen molar-refractivity contribution in [2.75, 3.05) is 11.1 Å². The molecule has 0 bridgehead atoms. The number of Topliss-reactive ketones (excluding diaryl/α,β-unsaturated/α-hetero) is 1. The van der Waals surface area contributed by atoms with Gasteiger partial charge in [-0.3, -0.25) is 14.4 Å². The first-order valence-electron chi connectivity index (χ1n) is 8.52. The number of ketones is 1. The van der Waals surface area contributed by atoms with E-state index in [0.29, 0.717) is 11.3 Å². The van der Waals surface area contributed by atoms with Crippen molar-refractivity contribution in [2.24, 2.45) is 0 Å². The number of fused-ring (bicyclic) bond motifs is 1. The van der Waals surface area contributed by atoms with E-state index >= 15 is 0 Å². The summed E-state index contributed by atoms with van der Waals surface area (Å²) in [6, 6.07) is 14.4. The summed E-state index contributed by atoms with van der Waals surface area (Å²) >= 11 is 2.78. The smallest absolute Gasteiger partial charge is 0.317 e.